The maximum Gasteiger partial charge on any atom is 0.220 e. The van der Waals surface area contributed by atoms with Crippen LogP contribution in [-0.4, -0.2) is 33.5 Å². The van der Waals surface area contributed by atoms with Gasteiger partial charge in [0.15, 0.2) is 5.65 Å². The first-order chi connectivity index (χ1) is 13.4. The summed E-state index contributed by atoms with van der Waals surface area (Å²) in [5.74, 6) is 0.0857. The largest absolute Gasteiger partial charge is 0.356 e. The molecule has 3 aromatic rings. The van der Waals surface area contributed by atoms with E-state index in [2.05, 4.69) is 47.9 Å². The minimum atomic E-state index is 0.0857. The molecule has 28 heavy (non-hydrogen) atoms. The number of hydrogen-bond acceptors (Lipinski definition) is 4. The lowest BCUT2D eigenvalue weighted by Crippen LogP contribution is -2.26. The fourth-order valence-electron chi connectivity index (χ4n) is 3.70. The molecule has 0 spiro atoms. The highest BCUT2D eigenvalue weighted by atomic mass is 32.2. The Kier molecular flexibility index (Phi) is 6.39. The predicted molar refractivity (Wildman–Crippen MR) is 116 cm³/mol. The van der Waals surface area contributed by atoms with Gasteiger partial charge in [0.05, 0.1) is 5.69 Å². The van der Waals surface area contributed by atoms with Crippen molar-refractivity contribution >= 4 is 28.7 Å². The van der Waals surface area contributed by atoms with E-state index in [-0.39, 0.29) is 5.91 Å². The molecular formula is C22H28N4OS. The zero-order valence-corrected chi connectivity index (χ0v) is 18.1. The Hall–Kier alpha value is -2.34. The van der Waals surface area contributed by atoms with Crippen LogP contribution in [0.5, 0.6) is 0 Å². The number of benzene rings is 1. The molecule has 148 valence electrons. The molecule has 0 fully saturated rings. The minimum Gasteiger partial charge on any atom is -0.356 e. The van der Waals surface area contributed by atoms with E-state index in [4.69, 9.17) is 4.98 Å². The molecule has 0 saturated carbocycles. The summed E-state index contributed by atoms with van der Waals surface area (Å²) in [5, 5.41) is 8.63. The summed E-state index contributed by atoms with van der Waals surface area (Å²) in [6, 6.07) is 8.50. The SMILES string of the molecule is CSc1ccc(CCNC(=O)CCc2c(C)nc3c(c(C)nn3C)c2C)cc1. The van der Waals surface area contributed by atoms with E-state index in [1.165, 1.54) is 16.0 Å². The van der Waals surface area contributed by atoms with Crippen LogP contribution >= 0.6 is 11.8 Å². The molecule has 1 N–H and O–H groups in total. The van der Waals surface area contributed by atoms with Crippen LogP contribution in [0.15, 0.2) is 29.2 Å². The smallest absolute Gasteiger partial charge is 0.220 e. The van der Waals surface area contributed by atoms with Crippen molar-refractivity contribution in [2.24, 2.45) is 7.05 Å². The number of aryl methyl sites for hydroxylation is 4. The number of carbonyl (C=O) groups excluding carboxylic acids is 1. The molecule has 0 bridgehead atoms. The third kappa shape index (κ3) is 4.38. The zero-order valence-electron chi connectivity index (χ0n) is 17.3. The second-order valence-corrected chi connectivity index (χ2v) is 8.04. The number of nitrogens with one attached hydrogen (secondary N) is 1. The Labute approximate surface area is 170 Å². The molecule has 1 amide bonds. The number of aromatic nitrogens is 3. The van der Waals surface area contributed by atoms with Crippen LogP contribution in [0.4, 0.5) is 0 Å². The third-order valence-electron chi connectivity index (χ3n) is 5.23. The molecule has 1 aromatic carbocycles. The van der Waals surface area contributed by atoms with E-state index in [0.29, 0.717) is 19.4 Å². The first-order valence-corrected chi connectivity index (χ1v) is 10.8. The van der Waals surface area contributed by atoms with Gasteiger partial charge in [0, 0.05) is 36.0 Å². The van der Waals surface area contributed by atoms with Gasteiger partial charge in [0.2, 0.25) is 5.91 Å². The maximum absolute atomic E-state index is 12.3. The van der Waals surface area contributed by atoms with E-state index < -0.39 is 0 Å². The minimum absolute atomic E-state index is 0.0857. The van der Waals surface area contributed by atoms with Crippen molar-refractivity contribution in [2.45, 2.75) is 44.9 Å². The molecule has 0 atom stereocenters. The van der Waals surface area contributed by atoms with E-state index in [9.17, 15) is 4.79 Å². The molecule has 0 saturated heterocycles. The van der Waals surface area contributed by atoms with Crippen LogP contribution in [0.3, 0.4) is 0 Å². The number of rotatable bonds is 7. The number of fused-ring (bicyclic) bond motifs is 1. The van der Waals surface area contributed by atoms with Crippen LogP contribution in [0, 0.1) is 20.8 Å². The van der Waals surface area contributed by atoms with Gasteiger partial charge in [-0.25, -0.2) is 4.98 Å². The van der Waals surface area contributed by atoms with Crippen molar-refractivity contribution in [3.63, 3.8) is 0 Å². The van der Waals surface area contributed by atoms with Crippen molar-refractivity contribution < 1.29 is 4.79 Å². The van der Waals surface area contributed by atoms with E-state index in [0.717, 1.165) is 34.4 Å². The lowest BCUT2D eigenvalue weighted by atomic mass is 9.99. The van der Waals surface area contributed by atoms with Gasteiger partial charge >= 0.3 is 0 Å². The van der Waals surface area contributed by atoms with Crippen LogP contribution < -0.4 is 5.32 Å². The second-order valence-electron chi connectivity index (χ2n) is 7.16. The molecule has 0 aliphatic rings. The van der Waals surface area contributed by atoms with Crippen molar-refractivity contribution in [1.29, 1.82) is 0 Å². The standard InChI is InChI=1S/C22H28N4OS/c1-14-19(15(2)24-22-21(14)16(3)25-26(22)4)10-11-20(27)23-13-12-17-6-8-18(28-5)9-7-17/h6-9H,10-13H2,1-5H3,(H,23,27). The Morgan fingerprint density at radius 1 is 1.11 bits per heavy atom. The highest BCUT2D eigenvalue weighted by molar-refractivity contribution is 7.98. The summed E-state index contributed by atoms with van der Waals surface area (Å²) in [7, 11) is 1.92. The van der Waals surface area contributed by atoms with Gasteiger partial charge < -0.3 is 5.32 Å². The molecule has 2 heterocycles. The lowest BCUT2D eigenvalue weighted by molar-refractivity contribution is -0.121. The van der Waals surface area contributed by atoms with Gasteiger partial charge in [0.1, 0.15) is 0 Å². The lowest BCUT2D eigenvalue weighted by Gasteiger charge is -2.11. The fourth-order valence-corrected chi connectivity index (χ4v) is 4.10. The molecular weight excluding hydrogens is 368 g/mol. The Balaban J connectivity index is 1.57. The number of nitrogens with zero attached hydrogens (tertiary/aromatic N) is 3. The Bertz CT molecular complexity index is 992. The average molecular weight is 397 g/mol. The third-order valence-corrected chi connectivity index (χ3v) is 5.97. The summed E-state index contributed by atoms with van der Waals surface area (Å²) >= 11 is 1.74. The predicted octanol–water partition coefficient (Wildman–Crippen LogP) is 3.91. The number of amides is 1. The van der Waals surface area contributed by atoms with Gasteiger partial charge in [0.25, 0.3) is 0 Å². The van der Waals surface area contributed by atoms with E-state index in [1.807, 2.05) is 25.6 Å². The highest BCUT2D eigenvalue weighted by Crippen LogP contribution is 2.26. The maximum atomic E-state index is 12.3. The van der Waals surface area contributed by atoms with Gasteiger partial charge in [-0.15, -0.1) is 11.8 Å². The summed E-state index contributed by atoms with van der Waals surface area (Å²) in [5.41, 5.74) is 6.47. The molecule has 0 aliphatic carbocycles. The molecule has 0 radical (unpaired) electrons. The summed E-state index contributed by atoms with van der Waals surface area (Å²) < 4.78 is 1.83. The topological polar surface area (TPSA) is 59.8 Å². The Morgan fingerprint density at radius 3 is 2.50 bits per heavy atom. The molecule has 0 unspecified atom stereocenters. The van der Waals surface area contributed by atoms with E-state index >= 15 is 0 Å². The van der Waals surface area contributed by atoms with Gasteiger partial charge in [-0.05, 0) is 68.7 Å². The number of carbonyl (C=O) groups is 1. The second kappa shape index (κ2) is 8.78. The summed E-state index contributed by atoms with van der Waals surface area (Å²) in [4.78, 5) is 18.3. The van der Waals surface area contributed by atoms with Crippen molar-refractivity contribution in [1.82, 2.24) is 20.1 Å². The van der Waals surface area contributed by atoms with Crippen molar-refractivity contribution in [3.8, 4) is 0 Å². The van der Waals surface area contributed by atoms with Crippen molar-refractivity contribution in [3.05, 3.63) is 52.3 Å². The van der Waals surface area contributed by atoms with Gasteiger partial charge in [-0.2, -0.15) is 5.10 Å². The van der Waals surface area contributed by atoms with Crippen LogP contribution in [0.1, 0.15) is 34.5 Å². The molecule has 0 aliphatic heterocycles. The summed E-state index contributed by atoms with van der Waals surface area (Å²) in [6.07, 6.45) is 4.09. The Morgan fingerprint density at radius 2 is 1.82 bits per heavy atom. The van der Waals surface area contributed by atoms with Gasteiger partial charge in [-0.1, -0.05) is 12.1 Å². The van der Waals surface area contributed by atoms with E-state index in [1.54, 1.807) is 11.8 Å². The zero-order chi connectivity index (χ0) is 20.3. The fraction of sp³-hybridized carbons (Fsp3) is 0.409. The number of pyridine rings is 1. The van der Waals surface area contributed by atoms with Crippen LogP contribution in [0.25, 0.3) is 11.0 Å². The highest BCUT2D eigenvalue weighted by Gasteiger charge is 2.16. The average Bonchev–Trinajstić information content (AvgIpc) is 2.95. The van der Waals surface area contributed by atoms with Gasteiger partial charge in [-0.3, -0.25) is 9.48 Å². The molecule has 2 aromatic heterocycles. The van der Waals surface area contributed by atoms with Crippen molar-refractivity contribution in [2.75, 3.05) is 12.8 Å². The van der Waals surface area contributed by atoms with Crippen LogP contribution in [-0.2, 0) is 24.7 Å². The van der Waals surface area contributed by atoms with Crippen LogP contribution in [0.2, 0.25) is 0 Å². The first-order valence-electron chi connectivity index (χ1n) is 9.59. The monoisotopic (exact) mass is 396 g/mol. The first kappa shape index (κ1) is 20.4. The summed E-state index contributed by atoms with van der Waals surface area (Å²) in [6.45, 7) is 6.79. The molecule has 3 rings (SSSR count). The normalized spacial score (nSPS) is 11.2. The molecule has 5 nitrogen and oxygen atoms in total. The number of hydrogen-bond donors (Lipinski definition) is 1. The molecule has 6 heteroatoms. The quantitative estimate of drug-likeness (QED) is 0.615. The number of thioether (sulfide) groups is 1.